The lowest BCUT2D eigenvalue weighted by Gasteiger charge is -2.28. The fraction of sp³-hybridized carbons (Fsp3) is 0.733. The van der Waals surface area contributed by atoms with Crippen molar-refractivity contribution in [3.05, 3.63) is 27.0 Å². The van der Waals surface area contributed by atoms with Crippen LogP contribution in [-0.2, 0) is 24.1 Å². The summed E-state index contributed by atoms with van der Waals surface area (Å²) >= 11 is 0. The van der Waals surface area contributed by atoms with Crippen molar-refractivity contribution in [1.29, 1.82) is 0 Å². The normalized spacial score (nSPS) is 28.2. The molecule has 0 unspecified atom stereocenters. The summed E-state index contributed by atoms with van der Waals surface area (Å²) in [5, 5.41) is 0. The Morgan fingerprint density at radius 1 is 1.22 bits per heavy atom. The van der Waals surface area contributed by atoms with Crippen LogP contribution in [0.2, 0.25) is 0 Å². The molecule has 2 aliphatic rings. The van der Waals surface area contributed by atoms with E-state index in [4.69, 9.17) is 0 Å². The zero-order chi connectivity index (χ0) is 16.9. The van der Waals surface area contributed by atoms with Crippen LogP contribution in [0, 0.1) is 17.8 Å². The van der Waals surface area contributed by atoms with Crippen LogP contribution in [0.25, 0.3) is 0 Å². The van der Waals surface area contributed by atoms with E-state index in [1.165, 1.54) is 33.4 Å². The summed E-state index contributed by atoms with van der Waals surface area (Å²) in [6.07, 6.45) is 5.77. The molecule has 2 aliphatic carbocycles. The first-order valence-corrected chi connectivity index (χ1v) is 9.48. The Bertz CT molecular complexity index is 839. The number of rotatable bonds is 4. The van der Waals surface area contributed by atoms with Gasteiger partial charge in [-0.3, -0.25) is 9.36 Å². The van der Waals surface area contributed by atoms with E-state index in [-0.39, 0.29) is 10.9 Å². The smallest absolute Gasteiger partial charge is 0.302 e. The molecule has 2 saturated carbocycles. The number of sulfonamides is 1. The molecule has 128 valence electrons. The lowest BCUT2D eigenvalue weighted by atomic mass is 9.84. The number of aromatic nitrogens is 2. The van der Waals surface area contributed by atoms with Gasteiger partial charge >= 0.3 is 5.69 Å². The maximum atomic E-state index is 12.6. The molecule has 4 atom stereocenters. The van der Waals surface area contributed by atoms with Crippen molar-refractivity contribution in [2.24, 2.45) is 31.8 Å². The molecule has 2 fully saturated rings. The molecule has 1 aromatic rings. The number of hydrogen-bond acceptors (Lipinski definition) is 4. The third kappa shape index (κ3) is 2.78. The Morgan fingerprint density at radius 2 is 1.91 bits per heavy atom. The highest BCUT2D eigenvalue weighted by molar-refractivity contribution is 7.89. The number of hydrogen-bond donors (Lipinski definition) is 1. The summed E-state index contributed by atoms with van der Waals surface area (Å²) < 4.78 is 29.8. The molecular formula is C15H23N3O4S. The van der Waals surface area contributed by atoms with Crippen molar-refractivity contribution in [3.8, 4) is 0 Å². The summed E-state index contributed by atoms with van der Waals surface area (Å²) in [7, 11) is -1.24. The van der Waals surface area contributed by atoms with Gasteiger partial charge < -0.3 is 4.57 Å². The average molecular weight is 341 g/mol. The zero-order valence-electron chi connectivity index (χ0n) is 13.7. The Labute approximate surface area is 135 Å². The molecular weight excluding hydrogens is 318 g/mol. The van der Waals surface area contributed by atoms with Gasteiger partial charge in [0.25, 0.3) is 5.56 Å². The maximum absolute atomic E-state index is 12.6. The lowest BCUT2D eigenvalue weighted by molar-refractivity contribution is 0.280. The molecule has 3 rings (SSSR count). The van der Waals surface area contributed by atoms with Crippen molar-refractivity contribution in [2.45, 2.75) is 43.5 Å². The van der Waals surface area contributed by atoms with E-state index in [1.54, 1.807) is 0 Å². The van der Waals surface area contributed by atoms with Crippen LogP contribution in [0.15, 0.2) is 20.7 Å². The van der Waals surface area contributed by atoms with E-state index >= 15 is 0 Å². The summed E-state index contributed by atoms with van der Waals surface area (Å²) in [6, 6.07) is -0.211. The summed E-state index contributed by atoms with van der Waals surface area (Å²) in [4.78, 5) is 23.5. The molecule has 0 saturated heterocycles. The summed E-state index contributed by atoms with van der Waals surface area (Å²) in [6.45, 7) is 1.87. The van der Waals surface area contributed by atoms with Gasteiger partial charge in [-0.05, 0) is 43.9 Å². The SMILES string of the molecule is C[C@H](NS(=O)(=O)c1cn(C)c(=O)n(C)c1=O)[C@H]1C[C@H]2CC[C@H]1C2. The molecule has 1 aromatic heterocycles. The Hall–Kier alpha value is -1.41. The molecule has 0 amide bonds. The Balaban J connectivity index is 1.88. The molecule has 1 heterocycles. The van der Waals surface area contributed by atoms with E-state index in [1.807, 2.05) is 6.92 Å². The molecule has 2 bridgehead atoms. The number of nitrogens with one attached hydrogen (secondary N) is 1. The van der Waals surface area contributed by atoms with Crippen LogP contribution < -0.4 is 16.0 Å². The van der Waals surface area contributed by atoms with Crippen molar-refractivity contribution >= 4 is 10.0 Å². The second kappa shape index (κ2) is 5.59. The van der Waals surface area contributed by atoms with E-state index in [9.17, 15) is 18.0 Å². The largest absolute Gasteiger partial charge is 0.330 e. The minimum Gasteiger partial charge on any atom is -0.302 e. The Morgan fingerprint density at radius 3 is 2.48 bits per heavy atom. The van der Waals surface area contributed by atoms with Gasteiger partial charge in [0, 0.05) is 26.3 Å². The van der Waals surface area contributed by atoms with Crippen molar-refractivity contribution in [3.63, 3.8) is 0 Å². The minimum atomic E-state index is -3.95. The molecule has 1 N–H and O–H groups in total. The average Bonchev–Trinajstić information content (AvgIpc) is 3.11. The first-order chi connectivity index (χ1) is 10.7. The third-order valence-corrected chi connectivity index (χ3v) is 7.02. The molecule has 7 nitrogen and oxygen atoms in total. The molecule has 0 spiro atoms. The highest BCUT2D eigenvalue weighted by Gasteiger charge is 2.42. The number of fused-ring (bicyclic) bond motifs is 2. The second-order valence-corrected chi connectivity index (χ2v) is 8.68. The van der Waals surface area contributed by atoms with Gasteiger partial charge in [0.1, 0.15) is 0 Å². The molecule has 23 heavy (non-hydrogen) atoms. The van der Waals surface area contributed by atoms with Crippen LogP contribution in [-0.4, -0.2) is 23.6 Å². The Kier molecular flexibility index (Phi) is 4.00. The monoisotopic (exact) mass is 341 g/mol. The quantitative estimate of drug-likeness (QED) is 0.846. The van der Waals surface area contributed by atoms with E-state index in [0.717, 1.165) is 27.7 Å². The molecule has 0 aliphatic heterocycles. The van der Waals surface area contributed by atoms with E-state index in [0.29, 0.717) is 11.8 Å². The number of aryl methyl sites for hydroxylation is 1. The fourth-order valence-electron chi connectivity index (χ4n) is 4.26. The van der Waals surface area contributed by atoms with Gasteiger partial charge in [-0.1, -0.05) is 6.42 Å². The molecule has 8 heteroatoms. The zero-order valence-corrected chi connectivity index (χ0v) is 14.5. The van der Waals surface area contributed by atoms with Crippen LogP contribution >= 0.6 is 0 Å². The van der Waals surface area contributed by atoms with Crippen LogP contribution in [0.4, 0.5) is 0 Å². The maximum Gasteiger partial charge on any atom is 0.330 e. The highest BCUT2D eigenvalue weighted by Crippen LogP contribution is 2.49. The first kappa shape index (κ1) is 16.4. The standard InChI is InChI=1S/C15H23N3O4S/c1-9(12-7-10-4-5-11(12)6-10)16-23(21,22)13-8-17(2)15(20)18(3)14(13)19/h8-12,16H,4-7H2,1-3H3/t9-,10-,11-,12+/m0/s1. The molecule has 0 radical (unpaired) electrons. The van der Waals surface area contributed by atoms with Crippen molar-refractivity contribution in [1.82, 2.24) is 13.9 Å². The summed E-state index contributed by atoms with van der Waals surface area (Å²) in [5.41, 5.74) is -1.34. The van der Waals surface area contributed by atoms with Crippen LogP contribution in [0.3, 0.4) is 0 Å². The van der Waals surface area contributed by atoms with Crippen LogP contribution in [0.1, 0.15) is 32.6 Å². The van der Waals surface area contributed by atoms with Gasteiger partial charge in [0.05, 0.1) is 0 Å². The van der Waals surface area contributed by atoms with Gasteiger partial charge in [-0.2, -0.15) is 0 Å². The minimum absolute atomic E-state index is 0.211. The van der Waals surface area contributed by atoms with Crippen LogP contribution in [0.5, 0.6) is 0 Å². The van der Waals surface area contributed by atoms with Gasteiger partial charge in [0.2, 0.25) is 10.0 Å². The van der Waals surface area contributed by atoms with Gasteiger partial charge in [-0.15, -0.1) is 0 Å². The molecule has 0 aromatic carbocycles. The van der Waals surface area contributed by atoms with Gasteiger partial charge in [0.15, 0.2) is 4.90 Å². The van der Waals surface area contributed by atoms with Gasteiger partial charge in [-0.25, -0.2) is 17.9 Å². The second-order valence-electron chi connectivity index (χ2n) is 7.00. The van der Waals surface area contributed by atoms with Crippen molar-refractivity contribution in [2.75, 3.05) is 0 Å². The summed E-state index contributed by atoms with van der Waals surface area (Å²) in [5.74, 6) is 1.64. The van der Waals surface area contributed by atoms with E-state index < -0.39 is 21.3 Å². The van der Waals surface area contributed by atoms with Crippen molar-refractivity contribution < 1.29 is 8.42 Å². The topological polar surface area (TPSA) is 90.2 Å². The predicted molar refractivity (Wildman–Crippen MR) is 85.6 cm³/mol. The predicted octanol–water partition coefficient (Wildman–Crippen LogP) is 0.187. The first-order valence-electron chi connectivity index (χ1n) is 7.99. The van der Waals surface area contributed by atoms with E-state index in [2.05, 4.69) is 4.72 Å². The third-order valence-electron chi connectivity index (χ3n) is 5.48. The number of nitrogens with zero attached hydrogens (tertiary/aromatic N) is 2. The highest BCUT2D eigenvalue weighted by atomic mass is 32.2. The fourth-order valence-corrected chi connectivity index (χ4v) is 5.72. The lowest BCUT2D eigenvalue weighted by Crippen LogP contribution is -2.45.